The third-order valence-electron chi connectivity index (χ3n) is 1.30. The number of aromatic nitrogens is 1. The van der Waals surface area contributed by atoms with Crippen LogP contribution in [0, 0.1) is 0 Å². The lowest BCUT2D eigenvalue weighted by atomic mass is 10.2. The predicted octanol–water partition coefficient (Wildman–Crippen LogP) is 1.91. The maximum Gasteiger partial charge on any atom is 0.433 e. The molecule has 0 amide bonds. The third-order valence-corrected chi connectivity index (χ3v) is 1.30. The van der Waals surface area contributed by atoms with Crippen molar-refractivity contribution in [3.05, 3.63) is 29.6 Å². The topological polar surface area (TPSA) is 45.5 Å². The molecule has 1 heterocycles. The van der Waals surface area contributed by atoms with E-state index in [1.807, 2.05) is 0 Å². The van der Waals surface area contributed by atoms with Crippen LogP contribution in [0.1, 0.15) is 11.3 Å². The first-order valence-electron chi connectivity index (χ1n) is 3.25. The molecule has 0 atom stereocenters. The van der Waals surface area contributed by atoms with Gasteiger partial charge in [-0.1, -0.05) is 5.16 Å². The normalized spacial score (nSPS) is 12.2. The van der Waals surface area contributed by atoms with Crippen molar-refractivity contribution in [3.63, 3.8) is 0 Å². The first-order chi connectivity index (χ1) is 6.05. The summed E-state index contributed by atoms with van der Waals surface area (Å²) in [4.78, 5) is 3.14. The smallest absolute Gasteiger partial charge is 0.411 e. The summed E-state index contributed by atoms with van der Waals surface area (Å²) >= 11 is 0. The van der Waals surface area contributed by atoms with Crippen molar-refractivity contribution in [1.82, 2.24) is 4.98 Å². The fraction of sp³-hybridized carbons (Fsp3) is 0.143. The molecule has 1 aromatic rings. The molecular weight excluding hydrogens is 185 g/mol. The molecule has 70 valence electrons. The van der Waals surface area contributed by atoms with Gasteiger partial charge in [0.1, 0.15) is 0 Å². The molecule has 0 aromatic carbocycles. The molecule has 0 radical (unpaired) electrons. The van der Waals surface area contributed by atoms with Crippen molar-refractivity contribution < 1.29 is 18.4 Å². The molecule has 0 unspecified atom stereocenters. The molecule has 0 aliphatic rings. The molecule has 0 spiro atoms. The van der Waals surface area contributed by atoms with E-state index >= 15 is 0 Å². The van der Waals surface area contributed by atoms with Gasteiger partial charge in [-0.3, -0.25) is 4.98 Å². The van der Waals surface area contributed by atoms with Gasteiger partial charge in [-0.15, -0.1) is 0 Å². The summed E-state index contributed by atoms with van der Waals surface area (Å²) in [6, 6.07) is 2.49. The first kappa shape index (κ1) is 9.50. The number of nitrogens with zero attached hydrogens (tertiary/aromatic N) is 2. The number of hydrogen-bond donors (Lipinski definition) is 1. The monoisotopic (exact) mass is 190 g/mol. The average Bonchev–Trinajstić information content (AvgIpc) is 2.04. The van der Waals surface area contributed by atoms with Crippen LogP contribution in [-0.4, -0.2) is 16.4 Å². The molecule has 1 N–H and O–H groups in total. The number of pyridine rings is 1. The van der Waals surface area contributed by atoms with Crippen LogP contribution in [-0.2, 0) is 6.18 Å². The fourth-order valence-corrected chi connectivity index (χ4v) is 0.821. The molecule has 0 saturated carbocycles. The van der Waals surface area contributed by atoms with E-state index in [2.05, 4.69) is 10.1 Å². The maximum atomic E-state index is 12.2. The van der Waals surface area contributed by atoms with E-state index in [-0.39, 0.29) is 5.56 Å². The van der Waals surface area contributed by atoms with Crippen LogP contribution in [0.5, 0.6) is 0 Å². The quantitative estimate of drug-likeness (QED) is 0.417. The van der Waals surface area contributed by atoms with Crippen LogP contribution in [0.15, 0.2) is 23.5 Å². The lowest BCUT2D eigenvalue weighted by Gasteiger charge is -2.06. The predicted molar refractivity (Wildman–Crippen MR) is 38.6 cm³/mol. The average molecular weight is 190 g/mol. The van der Waals surface area contributed by atoms with E-state index in [0.29, 0.717) is 6.21 Å². The van der Waals surface area contributed by atoms with Crippen LogP contribution in [0.4, 0.5) is 13.2 Å². The molecule has 3 nitrogen and oxygen atoms in total. The Bertz CT molecular complexity index is 322. The Balaban J connectivity index is 3.20. The van der Waals surface area contributed by atoms with Crippen molar-refractivity contribution in [2.45, 2.75) is 6.18 Å². The van der Waals surface area contributed by atoms with E-state index in [0.717, 1.165) is 12.3 Å². The van der Waals surface area contributed by atoms with Crippen molar-refractivity contribution in [3.8, 4) is 0 Å². The van der Waals surface area contributed by atoms with E-state index in [1.165, 1.54) is 6.07 Å². The molecule has 13 heavy (non-hydrogen) atoms. The Labute approximate surface area is 71.5 Å². The zero-order valence-corrected chi connectivity index (χ0v) is 6.28. The number of rotatable bonds is 1. The summed E-state index contributed by atoms with van der Waals surface area (Å²) in [6.45, 7) is 0. The third kappa shape index (κ3) is 2.17. The van der Waals surface area contributed by atoms with E-state index in [1.54, 1.807) is 0 Å². The highest BCUT2D eigenvalue weighted by molar-refractivity contribution is 5.80. The van der Waals surface area contributed by atoms with Crippen molar-refractivity contribution in [1.29, 1.82) is 0 Å². The van der Waals surface area contributed by atoms with Gasteiger partial charge in [0, 0.05) is 11.8 Å². The lowest BCUT2D eigenvalue weighted by molar-refractivity contribution is -0.141. The second-order valence-electron chi connectivity index (χ2n) is 2.18. The number of hydrogen-bond acceptors (Lipinski definition) is 3. The second-order valence-corrected chi connectivity index (χ2v) is 2.18. The highest BCUT2D eigenvalue weighted by Gasteiger charge is 2.34. The van der Waals surface area contributed by atoms with E-state index in [4.69, 9.17) is 5.21 Å². The zero-order chi connectivity index (χ0) is 9.90. The minimum Gasteiger partial charge on any atom is -0.411 e. The molecule has 1 aromatic heterocycles. The Morgan fingerprint density at radius 1 is 1.46 bits per heavy atom. The van der Waals surface area contributed by atoms with Crippen molar-refractivity contribution in [2.75, 3.05) is 0 Å². The Hall–Kier alpha value is -1.59. The van der Waals surface area contributed by atoms with Crippen LogP contribution in [0.3, 0.4) is 0 Å². The van der Waals surface area contributed by atoms with Gasteiger partial charge in [0.05, 0.1) is 6.21 Å². The zero-order valence-electron chi connectivity index (χ0n) is 6.28. The van der Waals surface area contributed by atoms with E-state index in [9.17, 15) is 13.2 Å². The summed E-state index contributed by atoms with van der Waals surface area (Å²) in [7, 11) is 0. The molecular formula is C7H5F3N2O. The largest absolute Gasteiger partial charge is 0.433 e. The fourth-order valence-electron chi connectivity index (χ4n) is 0.821. The second kappa shape index (κ2) is 3.42. The highest BCUT2D eigenvalue weighted by atomic mass is 19.4. The van der Waals surface area contributed by atoms with Gasteiger partial charge in [-0.05, 0) is 12.1 Å². The van der Waals surface area contributed by atoms with Gasteiger partial charge in [-0.25, -0.2) is 0 Å². The van der Waals surface area contributed by atoms with Crippen LogP contribution in [0.25, 0.3) is 0 Å². The number of alkyl halides is 3. The summed E-state index contributed by atoms with van der Waals surface area (Å²) in [5.74, 6) is 0. The van der Waals surface area contributed by atoms with Crippen molar-refractivity contribution in [2.24, 2.45) is 5.16 Å². The van der Waals surface area contributed by atoms with Gasteiger partial charge in [0.25, 0.3) is 0 Å². The van der Waals surface area contributed by atoms with Crippen molar-refractivity contribution >= 4 is 6.21 Å². The molecule has 6 heteroatoms. The van der Waals surface area contributed by atoms with Gasteiger partial charge in [-0.2, -0.15) is 13.2 Å². The first-order valence-corrected chi connectivity index (χ1v) is 3.25. The maximum absolute atomic E-state index is 12.2. The van der Waals surface area contributed by atoms with Gasteiger partial charge in [0.15, 0.2) is 5.69 Å². The highest BCUT2D eigenvalue weighted by Crippen LogP contribution is 2.29. The standard InChI is InChI=1S/C7H5F3N2O/c8-7(9,10)6-5(4-12-13)2-1-3-11-6/h1-4,13H/b12-4+. The Kier molecular flexibility index (Phi) is 2.50. The summed E-state index contributed by atoms with van der Waals surface area (Å²) in [5.41, 5.74) is -1.33. The van der Waals surface area contributed by atoms with Crippen LogP contribution < -0.4 is 0 Å². The Morgan fingerprint density at radius 2 is 2.15 bits per heavy atom. The number of halogens is 3. The molecule has 0 saturated heterocycles. The molecule has 1 rings (SSSR count). The summed E-state index contributed by atoms with van der Waals surface area (Å²) in [5, 5.41) is 10.6. The minimum absolute atomic E-state index is 0.266. The summed E-state index contributed by atoms with van der Waals surface area (Å²) in [6.07, 6.45) is -2.81. The lowest BCUT2D eigenvalue weighted by Crippen LogP contribution is -2.11. The molecule has 0 aliphatic carbocycles. The minimum atomic E-state index is -4.53. The van der Waals surface area contributed by atoms with Gasteiger partial charge in [0.2, 0.25) is 0 Å². The Morgan fingerprint density at radius 3 is 2.69 bits per heavy atom. The van der Waals surface area contributed by atoms with Gasteiger partial charge >= 0.3 is 6.18 Å². The number of oxime groups is 1. The molecule has 0 fully saturated rings. The summed E-state index contributed by atoms with van der Waals surface area (Å²) < 4.78 is 36.5. The van der Waals surface area contributed by atoms with Gasteiger partial charge < -0.3 is 5.21 Å². The van der Waals surface area contributed by atoms with Crippen LogP contribution >= 0.6 is 0 Å². The molecule has 0 aliphatic heterocycles. The molecule has 0 bridgehead atoms. The van der Waals surface area contributed by atoms with E-state index < -0.39 is 11.9 Å². The SMILES string of the molecule is O/N=C/c1cccnc1C(F)(F)F. The van der Waals surface area contributed by atoms with Crippen LogP contribution in [0.2, 0.25) is 0 Å².